The van der Waals surface area contributed by atoms with E-state index in [9.17, 15) is 12.8 Å². The Morgan fingerprint density at radius 1 is 1.47 bits per heavy atom. The summed E-state index contributed by atoms with van der Waals surface area (Å²) in [5, 5.41) is 3.43. The second kappa shape index (κ2) is 5.27. The molecule has 0 spiro atoms. The molecule has 19 heavy (non-hydrogen) atoms. The fourth-order valence-corrected chi connectivity index (χ4v) is 2.73. The standard InChI is InChI=1S/C10H9BrFN3O3S/c11-7-3-8(12)10(4-9(7)13)19(16,17)15-5-6-1-2-14-18-6/h1-4,15H,5,13H2. The maximum Gasteiger partial charge on any atom is 0.243 e. The van der Waals surface area contributed by atoms with Crippen LogP contribution >= 0.6 is 15.9 Å². The van der Waals surface area contributed by atoms with Crippen molar-refractivity contribution in [3.63, 3.8) is 0 Å². The van der Waals surface area contributed by atoms with Crippen molar-refractivity contribution in [2.45, 2.75) is 11.4 Å². The Morgan fingerprint density at radius 3 is 2.84 bits per heavy atom. The van der Waals surface area contributed by atoms with Crippen LogP contribution in [0, 0.1) is 5.82 Å². The number of nitrogen functional groups attached to an aromatic ring is 1. The summed E-state index contributed by atoms with van der Waals surface area (Å²) in [6.07, 6.45) is 1.38. The number of nitrogens with one attached hydrogen (secondary N) is 1. The lowest BCUT2D eigenvalue weighted by molar-refractivity contribution is 0.380. The highest BCUT2D eigenvalue weighted by Crippen LogP contribution is 2.26. The summed E-state index contributed by atoms with van der Waals surface area (Å²) >= 11 is 3.01. The molecular formula is C10H9BrFN3O3S. The van der Waals surface area contributed by atoms with Gasteiger partial charge in [0, 0.05) is 16.2 Å². The Bertz CT molecular complexity index is 688. The van der Waals surface area contributed by atoms with Gasteiger partial charge >= 0.3 is 0 Å². The molecule has 0 atom stereocenters. The van der Waals surface area contributed by atoms with E-state index < -0.39 is 20.7 Å². The predicted molar refractivity (Wildman–Crippen MR) is 69.0 cm³/mol. The Balaban J connectivity index is 2.27. The molecule has 0 amide bonds. The van der Waals surface area contributed by atoms with Crippen molar-refractivity contribution in [2.75, 3.05) is 5.73 Å². The van der Waals surface area contributed by atoms with E-state index in [-0.39, 0.29) is 12.2 Å². The van der Waals surface area contributed by atoms with Crippen LogP contribution in [0.2, 0.25) is 0 Å². The fourth-order valence-electron chi connectivity index (χ4n) is 1.33. The molecule has 0 fully saturated rings. The van der Waals surface area contributed by atoms with Crippen LogP contribution in [0.4, 0.5) is 10.1 Å². The quantitative estimate of drug-likeness (QED) is 0.817. The molecule has 0 saturated carbocycles. The van der Waals surface area contributed by atoms with Gasteiger partial charge in [-0.3, -0.25) is 0 Å². The largest absolute Gasteiger partial charge is 0.398 e. The molecule has 0 bridgehead atoms. The highest BCUT2D eigenvalue weighted by Gasteiger charge is 2.20. The Labute approximate surface area is 117 Å². The van der Waals surface area contributed by atoms with Crippen LogP contribution in [-0.4, -0.2) is 13.6 Å². The van der Waals surface area contributed by atoms with Gasteiger partial charge in [-0.05, 0) is 28.1 Å². The Morgan fingerprint density at radius 2 is 2.21 bits per heavy atom. The van der Waals surface area contributed by atoms with Gasteiger partial charge in [0.15, 0.2) is 5.76 Å². The summed E-state index contributed by atoms with van der Waals surface area (Å²) in [4.78, 5) is -0.521. The Hall–Kier alpha value is -1.45. The molecule has 0 unspecified atom stereocenters. The molecule has 3 N–H and O–H groups in total. The summed E-state index contributed by atoms with van der Waals surface area (Å²) in [6, 6.07) is 3.54. The summed E-state index contributed by atoms with van der Waals surface area (Å²) in [6.45, 7) is -0.127. The van der Waals surface area contributed by atoms with Crippen LogP contribution < -0.4 is 10.5 Å². The molecule has 1 aromatic heterocycles. The first-order chi connectivity index (χ1) is 8.90. The van der Waals surface area contributed by atoms with Gasteiger partial charge in [0.25, 0.3) is 0 Å². The third kappa shape index (κ3) is 3.11. The number of halogens is 2. The summed E-state index contributed by atoms with van der Waals surface area (Å²) in [7, 11) is -4.02. The van der Waals surface area contributed by atoms with Crippen molar-refractivity contribution in [2.24, 2.45) is 0 Å². The molecule has 1 aromatic carbocycles. The lowest BCUT2D eigenvalue weighted by Gasteiger charge is -2.08. The number of rotatable bonds is 4. The average molecular weight is 350 g/mol. The van der Waals surface area contributed by atoms with Gasteiger partial charge in [-0.2, -0.15) is 0 Å². The molecule has 9 heteroatoms. The van der Waals surface area contributed by atoms with Crippen LogP contribution in [0.1, 0.15) is 5.76 Å². The maximum absolute atomic E-state index is 13.7. The first-order valence-electron chi connectivity index (χ1n) is 5.04. The Kier molecular flexibility index (Phi) is 3.88. The molecular weight excluding hydrogens is 341 g/mol. The topological polar surface area (TPSA) is 98.2 Å². The van der Waals surface area contributed by atoms with E-state index in [4.69, 9.17) is 10.3 Å². The molecule has 0 aliphatic carbocycles. The summed E-state index contributed by atoms with van der Waals surface area (Å²) in [5.74, 6) is -0.583. The van der Waals surface area contributed by atoms with E-state index in [1.807, 2.05) is 0 Å². The van der Waals surface area contributed by atoms with Gasteiger partial charge in [-0.1, -0.05) is 5.16 Å². The van der Waals surface area contributed by atoms with Crippen LogP contribution in [0.15, 0.2) is 38.3 Å². The number of anilines is 1. The van der Waals surface area contributed by atoms with Crippen LogP contribution in [0.25, 0.3) is 0 Å². The molecule has 2 rings (SSSR count). The van der Waals surface area contributed by atoms with Crippen molar-refractivity contribution in [1.82, 2.24) is 9.88 Å². The number of hydrogen-bond donors (Lipinski definition) is 2. The minimum atomic E-state index is -4.02. The lowest BCUT2D eigenvalue weighted by Crippen LogP contribution is -2.24. The number of nitrogens with two attached hydrogens (primary N) is 1. The maximum atomic E-state index is 13.7. The van der Waals surface area contributed by atoms with Crippen molar-refractivity contribution in [3.8, 4) is 0 Å². The molecule has 6 nitrogen and oxygen atoms in total. The molecule has 0 saturated heterocycles. The summed E-state index contributed by atoms with van der Waals surface area (Å²) in [5.41, 5.74) is 5.67. The fraction of sp³-hybridized carbons (Fsp3) is 0.100. The van der Waals surface area contributed by atoms with Crippen LogP contribution in [-0.2, 0) is 16.6 Å². The molecule has 0 aliphatic rings. The smallest absolute Gasteiger partial charge is 0.243 e. The van der Waals surface area contributed by atoms with Crippen molar-refractivity contribution < 1.29 is 17.3 Å². The highest BCUT2D eigenvalue weighted by atomic mass is 79.9. The summed E-state index contributed by atoms with van der Waals surface area (Å²) < 4.78 is 44.7. The zero-order valence-corrected chi connectivity index (χ0v) is 11.8. The molecule has 2 aromatic rings. The van der Waals surface area contributed by atoms with Crippen LogP contribution in [0.5, 0.6) is 0 Å². The highest BCUT2D eigenvalue weighted by molar-refractivity contribution is 9.10. The van der Waals surface area contributed by atoms with Crippen LogP contribution in [0.3, 0.4) is 0 Å². The minimum absolute atomic E-state index is 0.126. The first-order valence-corrected chi connectivity index (χ1v) is 7.31. The van der Waals surface area contributed by atoms with Gasteiger partial charge in [0.2, 0.25) is 10.0 Å². The molecule has 0 aliphatic heterocycles. The molecule has 0 radical (unpaired) electrons. The number of aromatic nitrogens is 1. The van der Waals surface area contributed by atoms with E-state index in [0.29, 0.717) is 10.2 Å². The number of nitrogens with zero attached hydrogens (tertiary/aromatic N) is 1. The van der Waals surface area contributed by atoms with Gasteiger partial charge in [-0.15, -0.1) is 0 Å². The lowest BCUT2D eigenvalue weighted by atomic mass is 10.3. The van der Waals surface area contributed by atoms with E-state index in [0.717, 1.165) is 12.1 Å². The zero-order chi connectivity index (χ0) is 14.0. The van der Waals surface area contributed by atoms with E-state index in [2.05, 4.69) is 25.8 Å². The van der Waals surface area contributed by atoms with E-state index in [1.165, 1.54) is 12.3 Å². The number of hydrogen-bond acceptors (Lipinski definition) is 5. The van der Waals surface area contributed by atoms with Crippen molar-refractivity contribution >= 4 is 31.6 Å². The second-order valence-electron chi connectivity index (χ2n) is 3.61. The van der Waals surface area contributed by atoms with Crippen molar-refractivity contribution in [1.29, 1.82) is 0 Å². The minimum Gasteiger partial charge on any atom is -0.398 e. The SMILES string of the molecule is Nc1cc(S(=O)(=O)NCc2ccno2)c(F)cc1Br. The monoisotopic (exact) mass is 349 g/mol. The predicted octanol–water partition coefficient (Wildman–Crippen LogP) is 1.64. The van der Waals surface area contributed by atoms with Gasteiger partial charge in [0.1, 0.15) is 10.7 Å². The average Bonchev–Trinajstić information content (AvgIpc) is 2.84. The number of benzene rings is 1. The van der Waals surface area contributed by atoms with Gasteiger partial charge in [0.05, 0.1) is 12.7 Å². The first kappa shape index (κ1) is 14.0. The number of sulfonamides is 1. The zero-order valence-electron chi connectivity index (χ0n) is 9.43. The van der Waals surface area contributed by atoms with Gasteiger partial charge in [-0.25, -0.2) is 17.5 Å². The van der Waals surface area contributed by atoms with E-state index >= 15 is 0 Å². The van der Waals surface area contributed by atoms with Crippen molar-refractivity contribution in [3.05, 3.63) is 40.4 Å². The molecule has 102 valence electrons. The third-order valence-corrected chi connectivity index (χ3v) is 4.37. The second-order valence-corrected chi connectivity index (χ2v) is 6.20. The van der Waals surface area contributed by atoms with Gasteiger partial charge < -0.3 is 10.3 Å². The third-order valence-electron chi connectivity index (χ3n) is 2.27. The van der Waals surface area contributed by atoms with E-state index in [1.54, 1.807) is 0 Å². The normalized spacial score (nSPS) is 11.7. The molecule has 1 heterocycles.